The Morgan fingerprint density at radius 3 is 2.89 bits per heavy atom. The SMILES string of the molecule is Cc1ccc(-c2[nH]ncc2CNC2CC2(C)C)o1. The zero-order valence-electron chi connectivity index (χ0n) is 11.1. The highest BCUT2D eigenvalue weighted by molar-refractivity contribution is 5.56. The molecule has 2 heterocycles. The second-order valence-electron chi connectivity index (χ2n) is 5.81. The number of hydrogen-bond donors (Lipinski definition) is 2. The number of rotatable bonds is 4. The lowest BCUT2D eigenvalue weighted by Gasteiger charge is -2.06. The van der Waals surface area contributed by atoms with Gasteiger partial charge in [-0.1, -0.05) is 13.8 Å². The quantitative estimate of drug-likeness (QED) is 0.870. The van der Waals surface area contributed by atoms with Crippen LogP contribution in [0.4, 0.5) is 0 Å². The van der Waals surface area contributed by atoms with Gasteiger partial charge in [0.15, 0.2) is 5.76 Å². The summed E-state index contributed by atoms with van der Waals surface area (Å²) in [4.78, 5) is 0. The minimum absolute atomic E-state index is 0.450. The van der Waals surface area contributed by atoms with Crippen molar-refractivity contribution in [2.24, 2.45) is 5.41 Å². The van der Waals surface area contributed by atoms with Gasteiger partial charge in [0.2, 0.25) is 0 Å². The van der Waals surface area contributed by atoms with Gasteiger partial charge in [-0.05, 0) is 30.9 Å². The molecule has 2 aromatic heterocycles. The number of nitrogens with zero attached hydrogens (tertiary/aromatic N) is 1. The Morgan fingerprint density at radius 2 is 2.28 bits per heavy atom. The highest BCUT2D eigenvalue weighted by Gasteiger charge is 2.45. The fraction of sp³-hybridized carbons (Fsp3) is 0.500. The van der Waals surface area contributed by atoms with Gasteiger partial charge in [-0.3, -0.25) is 5.10 Å². The summed E-state index contributed by atoms with van der Waals surface area (Å²) in [6.45, 7) is 7.36. The standard InChI is InChI=1S/C14H19N3O/c1-9-4-5-11(18-9)13-10(8-16-17-13)7-15-12-6-14(12,2)3/h4-5,8,12,15H,6-7H2,1-3H3,(H,16,17). The molecule has 1 fully saturated rings. The molecule has 0 spiro atoms. The summed E-state index contributed by atoms with van der Waals surface area (Å²) in [6, 6.07) is 4.57. The van der Waals surface area contributed by atoms with Gasteiger partial charge >= 0.3 is 0 Å². The highest BCUT2D eigenvalue weighted by Crippen LogP contribution is 2.44. The van der Waals surface area contributed by atoms with Crippen LogP contribution in [0.2, 0.25) is 0 Å². The lowest BCUT2D eigenvalue weighted by molar-refractivity contribution is 0.536. The van der Waals surface area contributed by atoms with E-state index in [0.29, 0.717) is 11.5 Å². The summed E-state index contributed by atoms with van der Waals surface area (Å²) in [7, 11) is 0. The van der Waals surface area contributed by atoms with Crippen LogP contribution in [0, 0.1) is 12.3 Å². The number of aromatic nitrogens is 2. The fourth-order valence-corrected chi connectivity index (χ4v) is 2.28. The summed E-state index contributed by atoms with van der Waals surface area (Å²) >= 11 is 0. The normalized spacial score (nSPS) is 21.2. The molecule has 0 bridgehead atoms. The molecule has 18 heavy (non-hydrogen) atoms. The van der Waals surface area contributed by atoms with E-state index < -0.39 is 0 Å². The van der Waals surface area contributed by atoms with E-state index in [-0.39, 0.29) is 0 Å². The Kier molecular flexibility index (Phi) is 2.55. The second kappa shape index (κ2) is 3.99. The smallest absolute Gasteiger partial charge is 0.152 e. The fourth-order valence-electron chi connectivity index (χ4n) is 2.28. The van der Waals surface area contributed by atoms with Gasteiger partial charge in [0.1, 0.15) is 11.5 Å². The lowest BCUT2D eigenvalue weighted by Crippen LogP contribution is -2.19. The number of furan rings is 1. The van der Waals surface area contributed by atoms with E-state index in [1.807, 2.05) is 25.3 Å². The van der Waals surface area contributed by atoms with Gasteiger partial charge in [-0.15, -0.1) is 0 Å². The van der Waals surface area contributed by atoms with Gasteiger partial charge in [0.25, 0.3) is 0 Å². The number of nitrogens with one attached hydrogen (secondary N) is 2. The summed E-state index contributed by atoms with van der Waals surface area (Å²) in [5.41, 5.74) is 2.59. The minimum Gasteiger partial charge on any atom is -0.460 e. The molecule has 0 aromatic carbocycles. The zero-order chi connectivity index (χ0) is 12.8. The Morgan fingerprint density at radius 1 is 1.50 bits per heavy atom. The predicted molar refractivity (Wildman–Crippen MR) is 70.1 cm³/mol. The lowest BCUT2D eigenvalue weighted by atomic mass is 10.1. The van der Waals surface area contributed by atoms with Crippen LogP contribution in [-0.4, -0.2) is 16.2 Å². The minimum atomic E-state index is 0.450. The number of H-pyrrole nitrogens is 1. The molecule has 0 radical (unpaired) electrons. The van der Waals surface area contributed by atoms with Gasteiger partial charge in [0.05, 0.1) is 6.20 Å². The van der Waals surface area contributed by atoms with Crippen LogP contribution in [0.25, 0.3) is 11.5 Å². The maximum atomic E-state index is 5.63. The van der Waals surface area contributed by atoms with Crippen molar-refractivity contribution in [3.8, 4) is 11.5 Å². The van der Waals surface area contributed by atoms with Crippen molar-refractivity contribution in [3.05, 3.63) is 29.7 Å². The molecule has 1 aliphatic rings. The maximum Gasteiger partial charge on any atom is 0.152 e. The third-order valence-corrected chi connectivity index (χ3v) is 3.76. The van der Waals surface area contributed by atoms with Crippen LogP contribution in [0.3, 0.4) is 0 Å². The molecule has 96 valence electrons. The van der Waals surface area contributed by atoms with E-state index in [1.165, 1.54) is 6.42 Å². The molecule has 4 heteroatoms. The first-order valence-corrected chi connectivity index (χ1v) is 6.39. The third-order valence-electron chi connectivity index (χ3n) is 3.76. The molecule has 1 atom stereocenters. The monoisotopic (exact) mass is 245 g/mol. The Labute approximate surface area is 107 Å². The number of aromatic amines is 1. The second-order valence-corrected chi connectivity index (χ2v) is 5.81. The highest BCUT2D eigenvalue weighted by atomic mass is 16.3. The molecule has 0 saturated heterocycles. The molecular weight excluding hydrogens is 226 g/mol. The molecule has 1 saturated carbocycles. The summed E-state index contributed by atoms with van der Waals surface area (Å²) in [5.74, 6) is 1.78. The molecule has 3 rings (SSSR count). The van der Waals surface area contributed by atoms with Gasteiger partial charge in [-0.25, -0.2) is 0 Å². The van der Waals surface area contributed by atoms with Crippen LogP contribution >= 0.6 is 0 Å². The van der Waals surface area contributed by atoms with Crippen molar-refractivity contribution < 1.29 is 4.42 Å². The van der Waals surface area contributed by atoms with Gasteiger partial charge in [-0.2, -0.15) is 5.10 Å². The zero-order valence-corrected chi connectivity index (χ0v) is 11.1. The number of hydrogen-bond acceptors (Lipinski definition) is 3. The first-order chi connectivity index (χ1) is 8.56. The van der Waals surface area contributed by atoms with Crippen LogP contribution in [0.15, 0.2) is 22.7 Å². The average Bonchev–Trinajstić information content (AvgIpc) is 2.76. The molecular formula is C14H19N3O. The van der Waals surface area contributed by atoms with Crippen molar-refractivity contribution in [2.75, 3.05) is 0 Å². The van der Waals surface area contributed by atoms with Crippen molar-refractivity contribution in [1.29, 1.82) is 0 Å². The first kappa shape index (κ1) is 11.5. The van der Waals surface area contributed by atoms with E-state index in [4.69, 9.17) is 4.42 Å². The molecule has 2 N–H and O–H groups in total. The van der Waals surface area contributed by atoms with E-state index in [9.17, 15) is 0 Å². The van der Waals surface area contributed by atoms with E-state index in [2.05, 4.69) is 29.4 Å². The van der Waals surface area contributed by atoms with Crippen LogP contribution in [0.1, 0.15) is 31.6 Å². The average molecular weight is 245 g/mol. The summed E-state index contributed by atoms with van der Waals surface area (Å²) in [5, 5.41) is 10.7. The Bertz CT molecular complexity index is 553. The Balaban J connectivity index is 1.72. The van der Waals surface area contributed by atoms with E-state index in [1.54, 1.807) is 0 Å². The molecule has 0 aliphatic heterocycles. The summed E-state index contributed by atoms with van der Waals surface area (Å²) < 4.78 is 5.63. The number of aryl methyl sites for hydroxylation is 1. The molecule has 4 nitrogen and oxygen atoms in total. The van der Waals surface area contributed by atoms with E-state index >= 15 is 0 Å². The van der Waals surface area contributed by atoms with Crippen LogP contribution < -0.4 is 5.32 Å². The Hall–Kier alpha value is -1.55. The topological polar surface area (TPSA) is 53.9 Å². The third kappa shape index (κ3) is 2.08. The van der Waals surface area contributed by atoms with Crippen molar-refractivity contribution in [1.82, 2.24) is 15.5 Å². The molecule has 1 aliphatic carbocycles. The maximum absolute atomic E-state index is 5.63. The van der Waals surface area contributed by atoms with Crippen molar-refractivity contribution in [3.63, 3.8) is 0 Å². The predicted octanol–water partition coefficient (Wildman–Crippen LogP) is 2.87. The van der Waals surface area contributed by atoms with Crippen molar-refractivity contribution in [2.45, 2.75) is 39.8 Å². The molecule has 2 aromatic rings. The molecule has 1 unspecified atom stereocenters. The van der Waals surface area contributed by atoms with E-state index in [0.717, 1.165) is 29.3 Å². The van der Waals surface area contributed by atoms with Crippen molar-refractivity contribution >= 4 is 0 Å². The van der Waals surface area contributed by atoms with Gasteiger partial charge < -0.3 is 9.73 Å². The van der Waals surface area contributed by atoms with Crippen LogP contribution in [-0.2, 0) is 6.54 Å². The molecule has 0 amide bonds. The van der Waals surface area contributed by atoms with Gasteiger partial charge in [0, 0.05) is 18.2 Å². The van der Waals surface area contributed by atoms with Crippen LogP contribution in [0.5, 0.6) is 0 Å². The largest absolute Gasteiger partial charge is 0.460 e. The summed E-state index contributed by atoms with van der Waals surface area (Å²) in [6.07, 6.45) is 3.12. The first-order valence-electron chi connectivity index (χ1n) is 6.39.